The highest BCUT2D eigenvalue weighted by molar-refractivity contribution is 9.10. The first-order valence-corrected chi connectivity index (χ1v) is 7.08. The normalized spacial score (nSPS) is 18.6. The van der Waals surface area contributed by atoms with Crippen molar-refractivity contribution in [1.29, 1.82) is 0 Å². The fourth-order valence-electron chi connectivity index (χ4n) is 2.39. The molecule has 2 N–H and O–H groups in total. The van der Waals surface area contributed by atoms with Crippen LogP contribution in [0.25, 0.3) is 0 Å². The van der Waals surface area contributed by atoms with Crippen LogP contribution in [-0.4, -0.2) is 38.3 Å². The molecule has 1 aliphatic heterocycles. The molecule has 1 fully saturated rings. The number of ether oxygens (including phenoxy) is 1. The lowest BCUT2D eigenvalue weighted by atomic mass is 9.79. The van der Waals surface area contributed by atoms with Gasteiger partial charge >= 0.3 is 0 Å². The van der Waals surface area contributed by atoms with Crippen LogP contribution in [0.15, 0.2) is 22.8 Å². The maximum absolute atomic E-state index is 5.40. The molecule has 1 saturated heterocycles. The Kier molecular flexibility index (Phi) is 4.97. The van der Waals surface area contributed by atoms with E-state index in [1.807, 2.05) is 18.3 Å². The van der Waals surface area contributed by atoms with Gasteiger partial charge in [0.2, 0.25) is 0 Å². The fourth-order valence-corrected chi connectivity index (χ4v) is 2.63. The fraction of sp³-hybridized carbons (Fsp3) is 0.615. The van der Waals surface area contributed by atoms with Crippen molar-refractivity contribution in [3.05, 3.63) is 22.8 Å². The van der Waals surface area contributed by atoms with E-state index in [9.17, 15) is 0 Å². The molecule has 0 atom stereocenters. The summed E-state index contributed by atoms with van der Waals surface area (Å²) in [6.07, 6.45) is 4.10. The van der Waals surface area contributed by atoms with Crippen molar-refractivity contribution in [3.63, 3.8) is 0 Å². The topological polar surface area (TPSA) is 46.2 Å². The van der Waals surface area contributed by atoms with E-state index in [1.165, 1.54) is 0 Å². The standard InChI is InChI=1S/C13H20BrN3O/c1-18-10-13(4-6-15-7-5-13)9-17-12-3-2-11(14)8-16-12/h2-3,8,15H,4-7,9-10H2,1H3,(H,16,17). The molecule has 0 unspecified atom stereocenters. The van der Waals surface area contributed by atoms with E-state index >= 15 is 0 Å². The van der Waals surface area contributed by atoms with Crippen LogP contribution in [0, 0.1) is 5.41 Å². The highest BCUT2D eigenvalue weighted by Crippen LogP contribution is 2.29. The minimum atomic E-state index is 0.231. The van der Waals surface area contributed by atoms with Crippen LogP contribution in [0.5, 0.6) is 0 Å². The van der Waals surface area contributed by atoms with Crippen molar-refractivity contribution in [2.75, 3.05) is 38.7 Å². The summed E-state index contributed by atoms with van der Waals surface area (Å²) in [6, 6.07) is 3.99. The second-order valence-electron chi connectivity index (χ2n) is 4.90. The van der Waals surface area contributed by atoms with Gasteiger partial charge in [-0.25, -0.2) is 4.98 Å². The number of nitrogens with zero attached hydrogens (tertiary/aromatic N) is 1. The van der Waals surface area contributed by atoms with Crippen molar-refractivity contribution < 1.29 is 4.74 Å². The van der Waals surface area contributed by atoms with Crippen molar-refractivity contribution >= 4 is 21.7 Å². The van der Waals surface area contributed by atoms with Gasteiger partial charge in [0, 0.05) is 29.7 Å². The number of nitrogens with one attached hydrogen (secondary N) is 2. The van der Waals surface area contributed by atoms with E-state index in [2.05, 4.69) is 31.5 Å². The number of hydrogen-bond acceptors (Lipinski definition) is 4. The highest BCUT2D eigenvalue weighted by Gasteiger charge is 2.31. The van der Waals surface area contributed by atoms with E-state index < -0.39 is 0 Å². The summed E-state index contributed by atoms with van der Waals surface area (Å²) in [4.78, 5) is 4.34. The molecule has 0 bridgehead atoms. The zero-order chi connectivity index (χ0) is 12.8. The predicted octanol–water partition coefficient (Wildman–Crippen LogP) is 2.27. The monoisotopic (exact) mass is 313 g/mol. The third kappa shape index (κ3) is 3.67. The van der Waals surface area contributed by atoms with Gasteiger partial charge in [-0.15, -0.1) is 0 Å². The molecule has 5 heteroatoms. The van der Waals surface area contributed by atoms with Gasteiger partial charge in [-0.05, 0) is 54.0 Å². The SMILES string of the molecule is COCC1(CNc2ccc(Br)cn2)CCNCC1. The van der Waals surface area contributed by atoms with Gasteiger partial charge in [-0.1, -0.05) is 0 Å². The Labute approximate surface area is 117 Å². The minimum Gasteiger partial charge on any atom is -0.384 e. The zero-order valence-electron chi connectivity index (χ0n) is 10.7. The van der Waals surface area contributed by atoms with Crippen molar-refractivity contribution in [2.45, 2.75) is 12.8 Å². The molecule has 0 saturated carbocycles. The number of rotatable bonds is 5. The molecule has 1 aromatic heterocycles. The Morgan fingerprint density at radius 3 is 2.83 bits per heavy atom. The number of piperidine rings is 1. The molecule has 4 nitrogen and oxygen atoms in total. The summed E-state index contributed by atoms with van der Waals surface area (Å²) in [7, 11) is 1.78. The van der Waals surface area contributed by atoms with Crippen LogP contribution in [0.2, 0.25) is 0 Å². The summed E-state index contributed by atoms with van der Waals surface area (Å²) >= 11 is 3.39. The Balaban J connectivity index is 1.94. The molecule has 1 aromatic rings. The van der Waals surface area contributed by atoms with Crippen LogP contribution < -0.4 is 10.6 Å². The first-order valence-electron chi connectivity index (χ1n) is 6.29. The van der Waals surface area contributed by atoms with E-state index in [4.69, 9.17) is 4.74 Å². The van der Waals surface area contributed by atoms with E-state index in [1.54, 1.807) is 7.11 Å². The van der Waals surface area contributed by atoms with Crippen LogP contribution in [0.4, 0.5) is 5.82 Å². The lowest BCUT2D eigenvalue weighted by Crippen LogP contribution is -2.44. The smallest absolute Gasteiger partial charge is 0.125 e. The molecule has 0 amide bonds. The average Bonchev–Trinajstić information content (AvgIpc) is 2.40. The summed E-state index contributed by atoms with van der Waals surface area (Å²) in [6.45, 7) is 3.85. The first kappa shape index (κ1) is 13.8. The van der Waals surface area contributed by atoms with Crippen molar-refractivity contribution in [2.24, 2.45) is 5.41 Å². The Morgan fingerprint density at radius 2 is 2.22 bits per heavy atom. The highest BCUT2D eigenvalue weighted by atomic mass is 79.9. The maximum Gasteiger partial charge on any atom is 0.125 e. The number of hydrogen-bond donors (Lipinski definition) is 2. The van der Waals surface area contributed by atoms with Gasteiger partial charge in [0.1, 0.15) is 5.82 Å². The number of methoxy groups -OCH3 is 1. The van der Waals surface area contributed by atoms with Crippen molar-refractivity contribution in [1.82, 2.24) is 10.3 Å². The molecule has 0 radical (unpaired) electrons. The van der Waals surface area contributed by atoms with Crippen LogP contribution in [-0.2, 0) is 4.74 Å². The van der Waals surface area contributed by atoms with Crippen molar-refractivity contribution in [3.8, 4) is 0 Å². The van der Waals surface area contributed by atoms with Crippen LogP contribution in [0.3, 0.4) is 0 Å². The molecule has 2 rings (SSSR count). The second-order valence-corrected chi connectivity index (χ2v) is 5.81. The number of aromatic nitrogens is 1. The average molecular weight is 314 g/mol. The molecule has 0 aliphatic carbocycles. The minimum absolute atomic E-state index is 0.231. The lowest BCUT2D eigenvalue weighted by Gasteiger charge is -2.37. The van der Waals surface area contributed by atoms with Crippen LogP contribution >= 0.6 is 15.9 Å². The van der Waals surface area contributed by atoms with E-state index in [0.29, 0.717) is 0 Å². The van der Waals surface area contributed by atoms with Gasteiger partial charge < -0.3 is 15.4 Å². The molecular weight excluding hydrogens is 294 g/mol. The summed E-state index contributed by atoms with van der Waals surface area (Å²) in [5.74, 6) is 0.923. The number of pyridine rings is 1. The van der Waals surface area contributed by atoms with Gasteiger partial charge in [-0.3, -0.25) is 0 Å². The molecular formula is C13H20BrN3O. The Hall–Kier alpha value is -0.650. The molecule has 2 heterocycles. The molecule has 0 aromatic carbocycles. The number of halogens is 1. The summed E-state index contributed by atoms with van der Waals surface area (Å²) in [5, 5.41) is 6.83. The number of anilines is 1. The zero-order valence-corrected chi connectivity index (χ0v) is 12.3. The van der Waals surface area contributed by atoms with Gasteiger partial charge in [0.25, 0.3) is 0 Å². The quantitative estimate of drug-likeness (QED) is 0.875. The van der Waals surface area contributed by atoms with E-state index in [0.717, 1.165) is 49.4 Å². The van der Waals surface area contributed by atoms with Crippen LogP contribution in [0.1, 0.15) is 12.8 Å². The Bertz CT molecular complexity index is 357. The molecule has 18 heavy (non-hydrogen) atoms. The summed E-state index contributed by atoms with van der Waals surface area (Å²) in [5.41, 5.74) is 0.231. The second kappa shape index (κ2) is 6.50. The molecule has 100 valence electrons. The van der Waals surface area contributed by atoms with Gasteiger partial charge in [0.05, 0.1) is 6.61 Å². The molecule has 1 aliphatic rings. The third-order valence-electron chi connectivity index (χ3n) is 3.49. The summed E-state index contributed by atoms with van der Waals surface area (Å²) < 4.78 is 6.40. The predicted molar refractivity (Wildman–Crippen MR) is 76.8 cm³/mol. The molecule has 0 spiro atoms. The lowest BCUT2D eigenvalue weighted by molar-refractivity contribution is 0.0635. The van der Waals surface area contributed by atoms with Gasteiger partial charge in [0.15, 0.2) is 0 Å². The first-order chi connectivity index (χ1) is 8.74. The third-order valence-corrected chi connectivity index (χ3v) is 3.96. The Morgan fingerprint density at radius 1 is 1.44 bits per heavy atom. The van der Waals surface area contributed by atoms with E-state index in [-0.39, 0.29) is 5.41 Å². The van der Waals surface area contributed by atoms with Gasteiger partial charge in [-0.2, -0.15) is 0 Å². The maximum atomic E-state index is 5.40. The largest absolute Gasteiger partial charge is 0.384 e.